The van der Waals surface area contributed by atoms with E-state index in [0.717, 1.165) is 27.6 Å². The monoisotopic (exact) mass is 336 g/mol. The number of hydrogen-bond acceptors (Lipinski definition) is 4. The van der Waals surface area contributed by atoms with E-state index in [1.54, 1.807) is 19.4 Å². The Morgan fingerprint density at radius 1 is 1.28 bits per heavy atom. The van der Waals surface area contributed by atoms with E-state index in [9.17, 15) is 4.79 Å². The molecule has 0 spiro atoms. The van der Waals surface area contributed by atoms with E-state index in [0.29, 0.717) is 23.8 Å². The fourth-order valence-electron chi connectivity index (χ4n) is 2.81. The van der Waals surface area contributed by atoms with Crippen LogP contribution >= 0.6 is 0 Å². The molecule has 0 unspecified atom stereocenters. The van der Waals surface area contributed by atoms with E-state index >= 15 is 0 Å². The second-order valence-electron chi connectivity index (χ2n) is 5.73. The minimum Gasteiger partial charge on any atom is -0.494 e. The van der Waals surface area contributed by atoms with Crippen LogP contribution in [-0.2, 0) is 4.74 Å². The maximum Gasteiger partial charge on any atom is 0.256 e. The van der Waals surface area contributed by atoms with Crippen molar-refractivity contribution in [1.82, 2.24) is 9.97 Å². The van der Waals surface area contributed by atoms with Crippen molar-refractivity contribution in [3.05, 3.63) is 64.6 Å². The molecule has 1 aromatic carbocycles. The third kappa shape index (κ3) is 3.26. The van der Waals surface area contributed by atoms with Crippen molar-refractivity contribution in [3.63, 3.8) is 0 Å². The minimum absolute atomic E-state index is 0.168. The van der Waals surface area contributed by atoms with E-state index < -0.39 is 0 Å². The lowest BCUT2D eigenvalue weighted by molar-refractivity contribution is 0.299. The Balaban J connectivity index is 2.22. The second-order valence-corrected chi connectivity index (χ2v) is 5.73. The molecule has 128 valence electrons. The average Bonchev–Trinajstić information content (AvgIpc) is 2.60. The van der Waals surface area contributed by atoms with Crippen LogP contribution in [0.1, 0.15) is 18.1 Å². The average molecular weight is 336 g/mol. The van der Waals surface area contributed by atoms with E-state index in [-0.39, 0.29) is 5.56 Å². The summed E-state index contributed by atoms with van der Waals surface area (Å²) in [6, 6.07) is 9.35. The third-order valence-electron chi connectivity index (χ3n) is 3.98. The Morgan fingerprint density at radius 3 is 2.72 bits per heavy atom. The van der Waals surface area contributed by atoms with Gasteiger partial charge in [-0.15, -0.1) is 0 Å². The number of hydrogen-bond donors (Lipinski definition) is 1. The van der Waals surface area contributed by atoms with E-state index in [1.165, 1.54) is 0 Å². The van der Waals surface area contributed by atoms with Gasteiger partial charge in [0.1, 0.15) is 5.76 Å². The van der Waals surface area contributed by atoms with Crippen LogP contribution in [0.15, 0.2) is 47.9 Å². The summed E-state index contributed by atoms with van der Waals surface area (Å²) < 4.78 is 10.7. The van der Waals surface area contributed by atoms with Gasteiger partial charge in [0.05, 0.1) is 13.7 Å². The van der Waals surface area contributed by atoms with Crippen molar-refractivity contribution < 1.29 is 9.47 Å². The van der Waals surface area contributed by atoms with Gasteiger partial charge in [-0.05, 0) is 43.7 Å². The smallest absolute Gasteiger partial charge is 0.256 e. The topological polar surface area (TPSA) is 64.2 Å². The zero-order valence-electron chi connectivity index (χ0n) is 14.6. The molecule has 3 aromatic rings. The number of aromatic nitrogens is 2. The Morgan fingerprint density at radius 2 is 2.08 bits per heavy atom. The van der Waals surface area contributed by atoms with Gasteiger partial charge in [0, 0.05) is 39.9 Å². The molecule has 0 bridgehead atoms. The summed E-state index contributed by atoms with van der Waals surface area (Å²) in [5, 5.41) is 0.884. The fraction of sp³-hybridized carbons (Fsp3) is 0.200. The van der Waals surface area contributed by atoms with Gasteiger partial charge < -0.3 is 14.5 Å². The van der Waals surface area contributed by atoms with Crippen LogP contribution in [0, 0.1) is 6.92 Å². The first kappa shape index (κ1) is 16.8. The van der Waals surface area contributed by atoms with Gasteiger partial charge in [-0.2, -0.15) is 0 Å². The lowest BCUT2D eigenvalue weighted by atomic mass is 10.0. The van der Waals surface area contributed by atoms with E-state index in [2.05, 4.69) is 16.5 Å². The van der Waals surface area contributed by atoms with Crippen molar-refractivity contribution >= 4 is 16.7 Å². The summed E-state index contributed by atoms with van der Waals surface area (Å²) in [5.74, 6) is 1.09. The van der Waals surface area contributed by atoms with Crippen molar-refractivity contribution in [1.29, 1.82) is 0 Å². The van der Waals surface area contributed by atoms with Crippen LogP contribution in [0.5, 0.6) is 5.88 Å². The van der Waals surface area contributed by atoms with Crippen LogP contribution in [-0.4, -0.2) is 23.7 Å². The molecule has 3 rings (SSSR count). The highest BCUT2D eigenvalue weighted by atomic mass is 16.5. The molecule has 0 fully saturated rings. The maximum absolute atomic E-state index is 12.5. The number of H-pyrrole nitrogens is 1. The first-order valence-electron chi connectivity index (χ1n) is 8.03. The Kier molecular flexibility index (Phi) is 4.57. The maximum atomic E-state index is 12.5. The molecule has 0 saturated carbocycles. The van der Waals surface area contributed by atoms with Gasteiger partial charge in [-0.3, -0.25) is 4.79 Å². The van der Waals surface area contributed by atoms with Crippen LogP contribution < -0.4 is 10.3 Å². The molecular formula is C20H20N2O3. The highest BCUT2D eigenvalue weighted by Crippen LogP contribution is 2.28. The summed E-state index contributed by atoms with van der Waals surface area (Å²) in [4.78, 5) is 19.7. The lowest BCUT2D eigenvalue weighted by Crippen LogP contribution is -2.10. The highest BCUT2D eigenvalue weighted by Gasteiger charge is 2.12. The summed E-state index contributed by atoms with van der Waals surface area (Å²) in [6.07, 6.45) is 1.63. The summed E-state index contributed by atoms with van der Waals surface area (Å²) >= 11 is 0. The number of ether oxygens (including phenoxy) is 2. The van der Waals surface area contributed by atoms with Gasteiger partial charge in [-0.1, -0.05) is 6.58 Å². The number of benzene rings is 1. The number of nitrogens with one attached hydrogen (secondary N) is 1. The zero-order chi connectivity index (χ0) is 18.0. The number of methoxy groups -OCH3 is 1. The number of fused-ring (bicyclic) bond motifs is 1. The number of aromatic amines is 1. The number of rotatable bonds is 5. The molecule has 0 amide bonds. The van der Waals surface area contributed by atoms with Crippen LogP contribution in [0.2, 0.25) is 0 Å². The molecule has 0 saturated heterocycles. The van der Waals surface area contributed by atoms with Crippen molar-refractivity contribution in [2.24, 2.45) is 0 Å². The standard InChI is InChI=1S/C20H20N2O3/c1-5-25-13(3)15-8-12(2)9-18-17(15)10-16(20(23)22-18)14-6-7-19(24-4)21-11-14/h6-11H,3,5H2,1-2,4H3,(H,22,23). The largest absolute Gasteiger partial charge is 0.494 e. The summed E-state index contributed by atoms with van der Waals surface area (Å²) in [7, 11) is 1.55. The molecular weight excluding hydrogens is 316 g/mol. The Hall–Kier alpha value is -3.08. The van der Waals surface area contributed by atoms with Crippen LogP contribution in [0.3, 0.4) is 0 Å². The highest BCUT2D eigenvalue weighted by molar-refractivity contribution is 5.93. The second kappa shape index (κ2) is 6.81. The quantitative estimate of drug-likeness (QED) is 0.717. The number of aryl methyl sites for hydroxylation is 1. The summed E-state index contributed by atoms with van der Waals surface area (Å²) in [5.41, 5.74) is 3.74. The van der Waals surface area contributed by atoms with Crippen LogP contribution in [0.4, 0.5) is 0 Å². The van der Waals surface area contributed by atoms with Gasteiger partial charge in [0.25, 0.3) is 5.56 Å². The lowest BCUT2D eigenvalue weighted by Gasteiger charge is -2.13. The number of nitrogens with zero attached hydrogens (tertiary/aromatic N) is 1. The van der Waals surface area contributed by atoms with E-state index in [4.69, 9.17) is 9.47 Å². The first-order valence-corrected chi connectivity index (χ1v) is 8.03. The Labute approximate surface area is 145 Å². The Bertz CT molecular complexity index is 988. The molecule has 0 atom stereocenters. The van der Waals surface area contributed by atoms with Crippen molar-refractivity contribution in [2.75, 3.05) is 13.7 Å². The number of pyridine rings is 2. The third-order valence-corrected chi connectivity index (χ3v) is 3.98. The molecule has 0 aliphatic heterocycles. The molecule has 25 heavy (non-hydrogen) atoms. The van der Waals surface area contributed by atoms with Crippen molar-refractivity contribution in [2.45, 2.75) is 13.8 Å². The molecule has 2 aromatic heterocycles. The van der Waals surface area contributed by atoms with Crippen LogP contribution in [0.25, 0.3) is 27.8 Å². The molecule has 0 aliphatic rings. The SMILES string of the molecule is C=C(OCC)c1cc(C)cc2[nH]c(=O)c(-c3ccc(OC)nc3)cc12. The van der Waals surface area contributed by atoms with Gasteiger partial charge in [-0.25, -0.2) is 4.98 Å². The van der Waals surface area contributed by atoms with Gasteiger partial charge in [0.2, 0.25) is 5.88 Å². The normalized spacial score (nSPS) is 10.7. The molecule has 5 nitrogen and oxygen atoms in total. The molecule has 2 heterocycles. The zero-order valence-corrected chi connectivity index (χ0v) is 14.6. The molecule has 0 radical (unpaired) electrons. The minimum atomic E-state index is -0.168. The predicted octanol–water partition coefficient (Wildman–Crippen LogP) is 3.91. The van der Waals surface area contributed by atoms with Crippen molar-refractivity contribution in [3.8, 4) is 17.0 Å². The molecule has 0 aliphatic carbocycles. The first-order chi connectivity index (χ1) is 12.0. The molecule has 5 heteroatoms. The molecule has 1 N–H and O–H groups in total. The van der Waals surface area contributed by atoms with Gasteiger partial charge in [0.15, 0.2) is 0 Å². The summed E-state index contributed by atoms with van der Waals surface area (Å²) in [6.45, 7) is 8.44. The predicted molar refractivity (Wildman–Crippen MR) is 99.7 cm³/mol. The van der Waals surface area contributed by atoms with E-state index in [1.807, 2.05) is 38.1 Å². The fourth-order valence-corrected chi connectivity index (χ4v) is 2.81. The van der Waals surface area contributed by atoms with Gasteiger partial charge >= 0.3 is 0 Å².